The van der Waals surface area contributed by atoms with Crippen LogP contribution in [-0.4, -0.2) is 24.8 Å². The summed E-state index contributed by atoms with van der Waals surface area (Å²) in [6, 6.07) is 8.21. The van der Waals surface area contributed by atoms with E-state index in [0.717, 1.165) is 5.02 Å². The van der Waals surface area contributed by atoms with Gasteiger partial charge in [0.15, 0.2) is 0 Å². The van der Waals surface area contributed by atoms with Crippen molar-refractivity contribution in [3.8, 4) is 0 Å². The van der Waals surface area contributed by atoms with Gasteiger partial charge in [-0.05, 0) is 37.5 Å². The van der Waals surface area contributed by atoms with E-state index in [1.165, 1.54) is 30.5 Å². The molecule has 2 rings (SSSR count). The van der Waals surface area contributed by atoms with Crippen LogP contribution in [0.2, 0.25) is 5.02 Å². The molecule has 1 aliphatic rings. The van der Waals surface area contributed by atoms with Crippen molar-refractivity contribution in [1.29, 1.82) is 0 Å². The highest BCUT2D eigenvalue weighted by atomic mass is 35.5. The molecule has 0 N–H and O–H groups in total. The van der Waals surface area contributed by atoms with Crippen LogP contribution in [0.25, 0.3) is 0 Å². The van der Waals surface area contributed by atoms with E-state index >= 15 is 0 Å². The number of benzene rings is 1. The molecule has 0 atom stereocenters. The maximum atomic E-state index is 5.95. The minimum Gasteiger partial charge on any atom is -0.303 e. The lowest BCUT2D eigenvalue weighted by molar-refractivity contribution is 0.328. The Kier molecular flexibility index (Phi) is 3.43. The zero-order valence-corrected chi connectivity index (χ0v) is 11.5. The zero-order chi connectivity index (χ0) is 12.5. The molecular weight excluding hydrogens is 232 g/mol. The number of hydrazone groups is 1. The lowest BCUT2D eigenvalue weighted by Crippen LogP contribution is -2.41. The number of rotatable bonds is 3. The first-order valence-electron chi connectivity index (χ1n) is 6.04. The molecule has 1 aromatic carbocycles. The van der Waals surface area contributed by atoms with Crippen molar-refractivity contribution in [1.82, 2.24) is 5.01 Å². The summed E-state index contributed by atoms with van der Waals surface area (Å²) in [5.41, 5.74) is 2.70. The van der Waals surface area contributed by atoms with Gasteiger partial charge in [-0.25, -0.2) is 0 Å². The summed E-state index contributed by atoms with van der Waals surface area (Å²) in [7, 11) is 3.94. The second-order valence-corrected chi connectivity index (χ2v) is 5.41. The van der Waals surface area contributed by atoms with Gasteiger partial charge in [-0.1, -0.05) is 30.2 Å². The Bertz CT molecular complexity index is 416. The topological polar surface area (TPSA) is 15.6 Å². The third-order valence-corrected chi connectivity index (χ3v) is 3.90. The van der Waals surface area contributed by atoms with Crippen molar-refractivity contribution < 1.29 is 0 Å². The summed E-state index contributed by atoms with van der Waals surface area (Å²) in [6.07, 6.45) is 3.67. The summed E-state index contributed by atoms with van der Waals surface area (Å²) in [5, 5.41) is 7.26. The molecule has 3 heteroatoms. The summed E-state index contributed by atoms with van der Waals surface area (Å²) < 4.78 is 0. The van der Waals surface area contributed by atoms with Crippen molar-refractivity contribution in [2.45, 2.75) is 31.6 Å². The third kappa shape index (κ3) is 2.32. The molecule has 0 saturated heterocycles. The monoisotopic (exact) mass is 250 g/mol. The molecular formula is C14H19ClN2. The van der Waals surface area contributed by atoms with Crippen LogP contribution in [0, 0.1) is 0 Å². The average molecular weight is 251 g/mol. The minimum absolute atomic E-state index is 0.148. The Balaban J connectivity index is 2.34. The van der Waals surface area contributed by atoms with E-state index in [1.54, 1.807) is 0 Å². The maximum absolute atomic E-state index is 5.95. The first-order chi connectivity index (χ1) is 8.04. The second-order valence-electron chi connectivity index (χ2n) is 4.98. The molecule has 1 aliphatic carbocycles. The van der Waals surface area contributed by atoms with Gasteiger partial charge in [0.1, 0.15) is 0 Å². The van der Waals surface area contributed by atoms with E-state index in [1.807, 2.05) is 31.2 Å². The molecule has 0 aromatic heterocycles. The van der Waals surface area contributed by atoms with Gasteiger partial charge in [-0.2, -0.15) is 5.10 Å². The molecule has 17 heavy (non-hydrogen) atoms. The smallest absolute Gasteiger partial charge is 0.0455 e. The van der Waals surface area contributed by atoms with Crippen molar-refractivity contribution >= 4 is 17.3 Å². The summed E-state index contributed by atoms with van der Waals surface area (Å²) in [6.45, 7) is 2.13. The number of hydrogen-bond donors (Lipinski definition) is 0. The minimum atomic E-state index is 0.148. The molecule has 0 aliphatic heterocycles. The van der Waals surface area contributed by atoms with Crippen LogP contribution in [0.5, 0.6) is 0 Å². The molecule has 2 nitrogen and oxygen atoms in total. The third-order valence-electron chi connectivity index (χ3n) is 3.65. The molecule has 92 valence electrons. The highest BCUT2D eigenvalue weighted by Gasteiger charge is 2.41. The summed E-state index contributed by atoms with van der Waals surface area (Å²) in [4.78, 5) is 0. The van der Waals surface area contributed by atoms with Gasteiger partial charge in [-0.3, -0.25) is 0 Å². The van der Waals surface area contributed by atoms with Gasteiger partial charge < -0.3 is 5.01 Å². The zero-order valence-electron chi connectivity index (χ0n) is 10.7. The molecule has 1 saturated carbocycles. The van der Waals surface area contributed by atoms with Crippen LogP contribution in [0.15, 0.2) is 29.4 Å². The normalized spacial score (nSPS) is 18.7. The summed E-state index contributed by atoms with van der Waals surface area (Å²) in [5.74, 6) is 0. The van der Waals surface area contributed by atoms with Gasteiger partial charge >= 0.3 is 0 Å². The highest BCUT2D eigenvalue weighted by molar-refractivity contribution is 6.30. The molecule has 0 bridgehead atoms. The maximum Gasteiger partial charge on any atom is 0.0455 e. The molecule has 0 radical (unpaired) electrons. The number of halogens is 1. The lowest BCUT2D eigenvalue weighted by atomic mass is 9.62. The first-order valence-corrected chi connectivity index (χ1v) is 6.41. The quantitative estimate of drug-likeness (QED) is 0.590. The average Bonchev–Trinajstić information content (AvgIpc) is 2.18. The van der Waals surface area contributed by atoms with Crippen molar-refractivity contribution in [2.24, 2.45) is 5.10 Å². The molecule has 0 heterocycles. The van der Waals surface area contributed by atoms with E-state index in [-0.39, 0.29) is 5.41 Å². The van der Waals surface area contributed by atoms with Crippen molar-refractivity contribution in [2.75, 3.05) is 14.1 Å². The Hall–Kier alpha value is -1.02. The van der Waals surface area contributed by atoms with Crippen LogP contribution in [0.3, 0.4) is 0 Å². The second kappa shape index (κ2) is 4.69. The molecule has 1 aromatic rings. The highest BCUT2D eigenvalue weighted by Crippen LogP contribution is 2.45. The first kappa shape index (κ1) is 12.4. The Labute approximate surface area is 108 Å². The fourth-order valence-electron chi connectivity index (χ4n) is 2.55. The predicted octanol–water partition coefficient (Wildman–Crippen LogP) is 3.70. The lowest BCUT2D eigenvalue weighted by Gasteiger charge is -2.42. The molecule has 1 fully saturated rings. The number of hydrogen-bond acceptors (Lipinski definition) is 2. The van der Waals surface area contributed by atoms with Gasteiger partial charge in [0.05, 0.1) is 0 Å². The van der Waals surface area contributed by atoms with E-state index in [9.17, 15) is 0 Å². The molecule has 0 spiro atoms. The van der Waals surface area contributed by atoms with E-state index in [4.69, 9.17) is 11.6 Å². The molecule has 0 unspecified atom stereocenters. The fourth-order valence-corrected chi connectivity index (χ4v) is 2.68. The van der Waals surface area contributed by atoms with Crippen LogP contribution in [0.1, 0.15) is 31.7 Å². The van der Waals surface area contributed by atoms with Gasteiger partial charge in [0.25, 0.3) is 0 Å². The van der Waals surface area contributed by atoms with E-state index in [0.29, 0.717) is 0 Å². The van der Waals surface area contributed by atoms with Crippen LogP contribution >= 0.6 is 11.6 Å². The van der Waals surface area contributed by atoms with Gasteiger partial charge in [0.2, 0.25) is 0 Å². The Morgan fingerprint density at radius 3 is 2.24 bits per heavy atom. The SMILES string of the molecule is CC(=NN(C)C)C1(c2ccc(Cl)cc2)CCC1. The van der Waals surface area contributed by atoms with E-state index < -0.39 is 0 Å². The number of nitrogens with zero attached hydrogens (tertiary/aromatic N) is 2. The predicted molar refractivity (Wildman–Crippen MR) is 73.8 cm³/mol. The van der Waals surface area contributed by atoms with Gasteiger partial charge in [-0.15, -0.1) is 0 Å². The van der Waals surface area contributed by atoms with Gasteiger partial charge in [0, 0.05) is 30.2 Å². The Morgan fingerprint density at radius 2 is 1.82 bits per heavy atom. The fraction of sp³-hybridized carbons (Fsp3) is 0.500. The van der Waals surface area contributed by atoms with E-state index in [2.05, 4.69) is 24.2 Å². The van der Waals surface area contributed by atoms with Crippen LogP contribution in [0.4, 0.5) is 0 Å². The summed E-state index contributed by atoms with van der Waals surface area (Å²) >= 11 is 5.95. The molecule has 0 amide bonds. The van der Waals surface area contributed by atoms with Crippen molar-refractivity contribution in [3.63, 3.8) is 0 Å². The van der Waals surface area contributed by atoms with Crippen molar-refractivity contribution in [3.05, 3.63) is 34.9 Å². The Morgan fingerprint density at radius 1 is 1.24 bits per heavy atom. The van der Waals surface area contributed by atoms with Crippen LogP contribution in [-0.2, 0) is 5.41 Å². The largest absolute Gasteiger partial charge is 0.303 e. The standard InChI is InChI=1S/C14H19ClN2/c1-11(16-17(2)3)14(9-4-10-14)12-5-7-13(15)8-6-12/h5-8H,4,9-10H2,1-3H3. The van der Waals surface area contributed by atoms with Crippen LogP contribution < -0.4 is 0 Å².